The number of carbonyl (C=O) groups is 1. The molecule has 1 aliphatic heterocycles. The normalized spacial score (nSPS) is 15.5. The zero-order chi connectivity index (χ0) is 13.4. The Hall–Kier alpha value is -1.59. The zero-order valence-electron chi connectivity index (χ0n) is 10.2. The molecule has 4 nitrogen and oxygen atoms in total. The Balaban J connectivity index is 2.19. The number of hydrogen-bond acceptors (Lipinski definition) is 2. The van der Waals surface area contributed by atoms with Crippen molar-refractivity contribution in [3.63, 3.8) is 0 Å². The third kappa shape index (κ3) is 2.19. The van der Waals surface area contributed by atoms with Gasteiger partial charge in [-0.3, -0.25) is 4.79 Å². The van der Waals surface area contributed by atoms with Crippen molar-refractivity contribution in [2.75, 3.05) is 13.2 Å². The lowest BCUT2D eigenvalue weighted by atomic mass is 10.1. The van der Waals surface area contributed by atoms with Crippen LogP contribution >= 0.6 is 15.9 Å². The molecular formula is C14H13BrN2O2. The van der Waals surface area contributed by atoms with Gasteiger partial charge in [-0.2, -0.15) is 0 Å². The van der Waals surface area contributed by atoms with Gasteiger partial charge >= 0.3 is 0 Å². The van der Waals surface area contributed by atoms with E-state index in [0.29, 0.717) is 12.2 Å². The lowest BCUT2D eigenvalue weighted by Crippen LogP contribution is -2.11. The van der Waals surface area contributed by atoms with Crippen molar-refractivity contribution in [3.05, 3.63) is 40.0 Å². The molecule has 1 aliphatic rings. The highest BCUT2D eigenvalue weighted by Crippen LogP contribution is 2.31. The minimum Gasteiger partial charge on any atom is -0.377 e. The molecule has 5 heteroatoms. The molecule has 3 rings (SSSR count). The van der Waals surface area contributed by atoms with E-state index in [1.807, 2.05) is 12.1 Å². The topological polar surface area (TPSA) is 68.1 Å². The van der Waals surface area contributed by atoms with E-state index in [1.54, 1.807) is 6.07 Å². The molecule has 1 aromatic heterocycles. The van der Waals surface area contributed by atoms with E-state index in [9.17, 15) is 4.79 Å². The van der Waals surface area contributed by atoms with Gasteiger partial charge in [-0.15, -0.1) is 0 Å². The largest absolute Gasteiger partial charge is 0.377 e. The monoisotopic (exact) mass is 320 g/mol. The molecule has 19 heavy (non-hydrogen) atoms. The van der Waals surface area contributed by atoms with E-state index < -0.39 is 5.91 Å². The summed E-state index contributed by atoms with van der Waals surface area (Å²) in [6.07, 6.45) is 2.93. The molecule has 98 valence electrons. The zero-order valence-corrected chi connectivity index (χ0v) is 11.8. The smallest absolute Gasteiger partial charge is 0.250 e. The third-order valence-electron chi connectivity index (χ3n) is 3.32. The summed E-state index contributed by atoms with van der Waals surface area (Å²) in [5, 5.41) is 0.971. The van der Waals surface area contributed by atoms with Crippen molar-refractivity contribution in [2.24, 2.45) is 5.73 Å². The highest BCUT2D eigenvalue weighted by Gasteiger charge is 2.15. The number of aromatic amines is 1. The Labute approximate surface area is 118 Å². The molecule has 0 unspecified atom stereocenters. The van der Waals surface area contributed by atoms with Crippen molar-refractivity contribution in [3.8, 4) is 0 Å². The van der Waals surface area contributed by atoms with Crippen LogP contribution in [0, 0.1) is 0 Å². The van der Waals surface area contributed by atoms with Gasteiger partial charge in [0, 0.05) is 15.6 Å². The van der Waals surface area contributed by atoms with Gasteiger partial charge in [0.15, 0.2) is 0 Å². The van der Waals surface area contributed by atoms with Crippen LogP contribution in [-0.4, -0.2) is 24.1 Å². The summed E-state index contributed by atoms with van der Waals surface area (Å²) in [6.45, 7) is 1.36. The SMILES string of the molecule is NC(=O)c1ccc(Br)c2cc(C3=CCOCC3)[nH]c12. The minimum atomic E-state index is -0.424. The Bertz CT molecular complexity index is 688. The number of rotatable bonds is 2. The molecule has 3 N–H and O–H groups in total. The number of halogens is 1. The second-order valence-corrected chi connectivity index (χ2v) is 5.34. The van der Waals surface area contributed by atoms with Crippen LogP contribution in [0.3, 0.4) is 0 Å². The average molecular weight is 321 g/mol. The highest BCUT2D eigenvalue weighted by molar-refractivity contribution is 9.10. The van der Waals surface area contributed by atoms with Crippen LogP contribution < -0.4 is 5.73 Å². The Morgan fingerprint density at radius 1 is 1.42 bits per heavy atom. The summed E-state index contributed by atoms with van der Waals surface area (Å²) in [5.41, 5.74) is 8.94. The number of primary amides is 1. The van der Waals surface area contributed by atoms with Gasteiger partial charge in [0.2, 0.25) is 0 Å². The number of hydrogen-bond donors (Lipinski definition) is 2. The fourth-order valence-electron chi connectivity index (χ4n) is 2.33. The van der Waals surface area contributed by atoms with Crippen molar-refractivity contribution in [1.29, 1.82) is 0 Å². The van der Waals surface area contributed by atoms with Crippen LogP contribution in [0.5, 0.6) is 0 Å². The molecular weight excluding hydrogens is 308 g/mol. The molecule has 1 amide bonds. The number of H-pyrrole nitrogens is 1. The molecule has 0 atom stereocenters. The third-order valence-corrected chi connectivity index (χ3v) is 4.01. The predicted molar refractivity (Wildman–Crippen MR) is 77.9 cm³/mol. The second kappa shape index (κ2) is 4.83. The first-order valence-electron chi connectivity index (χ1n) is 6.05. The molecule has 2 heterocycles. The number of fused-ring (bicyclic) bond motifs is 1. The van der Waals surface area contributed by atoms with Crippen molar-refractivity contribution in [1.82, 2.24) is 4.98 Å². The molecule has 0 saturated carbocycles. The predicted octanol–water partition coefficient (Wildman–Crippen LogP) is 2.83. The number of ether oxygens (including phenoxy) is 1. The van der Waals surface area contributed by atoms with Gasteiger partial charge in [-0.05, 0) is 30.2 Å². The first-order valence-corrected chi connectivity index (χ1v) is 6.84. The van der Waals surface area contributed by atoms with Crippen molar-refractivity contribution >= 4 is 38.3 Å². The van der Waals surface area contributed by atoms with Crippen molar-refractivity contribution < 1.29 is 9.53 Å². The van der Waals surface area contributed by atoms with E-state index in [4.69, 9.17) is 10.5 Å². The quantitative estimate of drug-likeness (QED) is 0.893. The standard InChI is InChI=1S/C14H13BrN2O2/c15-11-2-1-9(14(16)18)13-10(11)7-12(17-13)8-3-5-19-6-4-8/h1-3,7,17H,4-6H2,(H2,16,18). The molecule has 0 aliphatic carbocycles. The summed E-state index contributed by atoms with van der Waals surface area (Å²) in [5.74, 6) is -0.424. The van der Waals surface area contributed by atoms with E-state index in [1.165, 1.54) is 5.57 Å². The fourth-order valence-corrected chi connectivity index (χ4v) is 2.78. The molecule has 0 saturated heterocycles. The number of benzene rings is 1. The van der Waals surface area contributed by atoms with Crippen LogP contribution in [0.15, 0.2) is 28.7 Å². The molecule has 0 radical (unpaired) electrons. The lowest BCUT2D eigenvalue weighted by Gasteiger charge is -2.11. The average Bonchev–Trinajstić information content (AvgIpc) is 2.85. The lowest BCUT2D eigenvalue weighted by molar-refractivity contribution is 0.100. The van der Waals surface area contributed by atoms with Gasteiger partial charge in [0.1, 0.15) is 0 Å². The summed E-state index contributed by atoms with van der Waals surface area (Å²) in [4.78, 5) is 14.8. The second-order valence-electron chi connectivity index (χ2n) is 4.49. The number of aromatic nitrogens is 1. The first kappa shape index (κ1) is 12.4. The summed E-state index contributed by atoms with van der Waals surface area (Å²) in [7, 11) is 0. The summed E-state index contributed by atoms with van der Waals surface area (Å²) < 4.78 is 6.25. The molecule has 2 aromatic rings. The Morgan fingerprint density at radius 2 is 2.26 bits per heavy atom. The van der Waals surface area contributed by atoms with Gasteiger partial charge in [-0.1, -0.05) is 22.0 Å². The molecule has 0 fully saturated rings. The molecule has 1 aromatic carbocycles. The number of nitrogens with one attached hydrogen (secondary N) is 1. The van der Waals surface area contributed by atoms with Crippen LogP contribution in [0.25, 0.3) is 16.5 Å². The Kier molecular flexibility index (Phi) is 3.16. The maximum Gasteiger partial charge on any atom is 0.250 e. The highest BCUT2D eigenvalue weighted by atomic mass is 79.9. The minimum absolute atomic E-state index is 0.424. The fraction of sp³-hybridized carbons (Fsp3) is 0.214. The van der Waals surface area contributed by atoms with Gasteiger partial charge in [-0.25, -0.2) is 0 Å². The molecule has 0 spiro atoms. The van der Waals surface area contributed by atoms with E-state index >= 15 is 0 Å². The van der Waals surface area contributed by atoms with Gasteiger partial charge in [0.25, 0.3) is 5.91 Å². The van der Waals surface area contributed by atoms with Crippen LogP contribution in [-0.2, 0) is 4.74 Å². The summed E-state index contributed by atoms with van der Waals surface area (Å²) >= 11 is 3.50. The maximum absolute atomic E-state index is 11.5. The first-order chi connectivity index (χ1) is 9.16. The number of nitrogens with two attached hydrogens (primary N) is 1. The van der Waals surface area contributed by atoms with Gasteiger partial charge < -0.3 is 15.5 Å². The molecule has 0 bridgehead atoms. The number of carbonyl (C=O) groups excluding carboxylic acids is 1. The van der Waals surface area contributed by atoms with Crippen LogP contribution in [0.1, 0.15) is 22.5 Å². The van der Waals surface area contributed by atoms with Crippen LogP contribution in [0.4, 0.5) is 0 Å². The Morgan fingerprint density at radius 3 is 2.95 bits per heavy atom. The van der Waals surface area contributed by atoms with Gasteiger partial charge in [0.05, 0.1) is 24.3 Å². The van der Waals surface area contributed by atoms with E-state index in [-0.39, 0.29) is 0 Å². The van der Waals surface area contributed by atoms with E-state index in [2.05, 4.69) is 27.0 Å². The number of amides is 1. The maximum atomic E-state index is 11.5. The van der Waals surface area contributed by atoms with Crippen LogP contribution in [0.2, 0.25) is 0 Å². The van der Waals surface area contributed by atoms with Crippen molar-refractivity contribution in [2.45, 2.75) is 6.42 Å². The summed E-state index contributed by atoms with van der Waals surface area (Å²) in [6, 6.07) is 5.62. The van der Waals surface area contributed by atoms with E-state index in [0.717, 1.165) is 34.1 Å².